The molecule has 0 fully saturated rings. The van der Waals surface area contributed by atoms with Gasteiger partial charge in [-0.25, -0.2) is 4.68 Å². The lowest BCUT2D eigenvalue weighted by molar-refractivity contribution is 0.756. The molecule has 0 spiro atoms. The summed E-state index contributed by atoms with van der Waals surface area (Å²) in [6.07, 6.45) is 1.01. The third-order valence-corrected chi connectivity index (χ3v) is 3.92. The summed E-state index contributed by atoms with van der Waals surface area (Å²) in [6, 6.07) is 5.44. The van der Waals surface area contributed by atoms with E-state index in [-0.39, 0.29) is 0 Å². The maximum absolute atomic E-state index is 6.27. The normalized spacial score (nSPS) is 13.7. The van der Waals surface area contributed by atoms with Gasteiger partial charge in [0.2, 0.25) is 0 Å². The summed E-state index contributed by atoms with van der Waals surface area (Å²) in [5, 5.41) is 9.41. The quantitative estimate of drug-likeness (QED) is 0.897. The molecule has 2 aromatic rings. The number of anilines is 1. The van der Waals surface area contributed by atoms with Crippen LogP contribution in [-0.4, -0.2) is 16.3 Å². The molecule has 0 amide bonds. The predicted molar refractivity (Wildman–Crippen MR) is 79.9 cm³/mol. The maximum Gasteiger partial charge on any atom is 0.133 e. The number of aromatic nitrogens is 2. The van der Waals surface area contributed by atoms with Crippen LogP contribution in [0.1, 0.15) is 31.0 Å². The van der Waals surface area contributed by atoms with Crippen molar-refractivity contribution in [1.29, 1.82) is 0 Å². The molecule has 0 unspecified atom stereocenters. The Hall–Kier alpha value is -1.19. The molecule has 5 heteroatoms. The Labute approximate surface area is 122 Å². The molecule has 0 aliphatic carbocycles. The second kappa shape index (κ2) is 4.73. The molecule has 0 radical (unpaired) electrons. The molecule has 3 nitrogen and oxygen atoms in total. The molecule has 1 N–H and O–H groups in total. The summed E-state index contributed by atoms with van der Waals surface area (Å²) in [4.78, 5) is 0. The van der Waals surface area contributed by atoms with Gasteiger partial charge < -0.3 is 5.32 Å². The molecule has 1 aliphatic rings. The molecule has 2 heterocycles. The molecule has 0 bridgehead atoms. The van der Waals surface area contributed by atoms with Crippen LogP contribution in [0.15, 0.2) is 18.2 Å². The molecule has 1 aliphatic heterocycles. The highest BCUT2D eigenvalue weighted by atomic mass is 35.5. The van der Waals surface area contributed by atoms with Crippen LogP contribution in [0, 0.1) is 0 Å². The minimum Gasteiger partial charge on any atom is -0.369 e. The van der Waals surface area contributed by atoms with Crippen LogP contribution >= 0.6 is 23.2 Å². The van der Waals surface area contributed by atoms with Crippen molar-refractivity contribution in [3.05, 3.63) is 39.5 Å². The highest BCUT2D eigenvalue weighted by Gasteiger charge is 2.25. The fraction of sp³-hybridized carbons (Fsp3) is 0.357. The maximum atomic E-state index is 6.27. The molecule has 3 rings (SSSR count). The summed E-state index contributed by atoms with van der Waals surface area (Å²) < 4.78 is 1.88. The van der Waals surface area contributed by atoms with Crippen LogP contribution in [0.2, 0.25) is 10.0 Å². The third-order valence-electron chi connectivity index (χ3n) is 3.37. The summed E-state index contributed by atoms with van der Waals surface area (Å²) in [6.45, 7) is 5.26. The lowest BCUT2D eigenvalue weighted by Gasteiger charge is -2.09. The van der Waals surface area contributed by atoms with E-state index < -0.39 is 0 Å². The number of rotatable bonds is 2. The smallest absolute Gasteiger partial charge is 0.133 e. The van der Waals surface area contributed by atoms with E-state index in [1.807, 2.05) is 10.7 Å². The summed E-state index contributed by atoms with van der Waals surface area (Å²) in [5.41, 5.74) is 3.26. The van der Waals surface area contributed by atoms with Crippen LogP contribution in [0.5, 0.6) is 0 Å². The highest BCUT2D eigenvalue weighted by molar-refractivity contribution is 6.34. The van der Waals surface area contributed by atoms with Gasteiger partial charge in [0.1, 0.15) is 5.82 Å². The van der Waals surface area contributed by atoms with Gasteiger partial charge in [-0.2, -0.15) is 5.10 Å². The van der Waals surface area contributed by atoms with Gasteiger partial charge in [0.25, 0.3) is 0 Å². The van der Waals surface area contributed by atoms with Crippen molar-refractivity contribution >= 4 is 29.0 Å². The molecule has 19 heavy (non-hydrogen) atoms. The third kappa shape index (κ3) is 2.11. The largest absolute Gasteiger partial charge is 0.369 e. The Morgan fingerprint density at radius 1 is 1.32 bits per heavy atom. The summed E-state index contributed by atoms with van der Waals surface area (Å²) in [5.74, 6) is 1.45. The van der Waals surface area contributed by atoms with E-state index >= 15 is 0 Å². The Morgan fingerprint density at radius 2 is 2.11 bits per heavy atom. The first-order chi connectivity index (χ1) is 9.08. The fourth-order valence-electron chi connectivity index (χ4n) is 2.49. The predicted octanol–water partition coefficient (Wildman–Crippen LogP) is 4.27. The van der Waals surface area contributed by atoms with Crippen molar-refractivity contribution in [1.82, 2.24) is 9.78 Å². The number of hydrogen-bond acceptors (Lipinski definition) is 2. The molecule has 0 atom stereocenters. The lowest BCUT2D eigenvalue weighted by atomic mass is 10.1. The topological polar surface area (TPSA) is 29.9 Å². The van der Waals surface area contributed by atoms with Crippen molar-refractivity contribution in [3.8, 4) is 5.69 Å². The van der Waals surface area contributed by atoms with Gasteiger partial charge in [-0.15, -0.1) is 0 Å². The van der Waals surface area contributed by atoms with Crippen molar-refractivity contribution in [2.45, 2.75) is 26.2 Å². The minimum atomic E-state index is 0.396. The number of halogens is 2. The first-order valence-corrected chi connectivity index (χ1v) is 7.14. The van der Waals surface area contributed by atoms with Crippen LogP contribution in [0.25, 0.3) is 5.69 Å². The first kappa shape index (κ1) is 12.8. The van der Waals surface area contributed by atoms with Crippen LogP contribution < -0.4 is 5.32 Å². The number of hydrogen-bond donors (Lipinski definition) is 1. The average Bonchev–Trinajstić information content (AvgIpc) is 2.93. The van der Waals surface area contributed by atoms with Crippen LogP contribution in [0.3, 0.4) is 0 Å². The van der Waals surface area contributed by atoms with E-state index in [9.17, 15) is 0 Å². The van der Waals surface area contributed by atoms with Gasteiger partial charge >= 0.3 is 0 Å². The monoisotopic (exact) mass is 295 g/mol. The van der Waals surface area contributed by atoms with E-state index in [0.717, 1.165) is 30.2 Å². The molecule has 100 valence electrons. The average molecular weight is 296 g/mol. The van der Waals surface area contributed by atoms with Gasteiger partial charge in [-0.1, -0.05) is 37.0 Å². The zero-order valence-corrected chi connectivity index (χ0v) is 12.4. The van der Waals surface area contributed by atoms with Gasteiger partial charge in [0.15, 0.2) is 0 Å². The SMILES string of the molecule is CC(C)c1nn(-c2cc(Cl)ccc2Cl)c2c1CCN2. The standard InChI is InChI=1S/C14H15Cl2N3/c1-8(2)13-10-5-6-17-14(10)19(18-13)12-7-9(15)3-4-11(12)16/h3-4,7-8,17H,5-6H2,1-2H3. The van der Waals surface area contributed by atoms with E-state index in [2.05, 4.69) is 19.2 Å². The van der Waals surface area contributed by atoms with Crippen molar-refractivity contribution < 1.29 is 0 Å². The number of fused-ring (bicyclic) bond motifs is 1. The molecular formula is C14H15Cl2N3. The zero-order chi connectivity index (χ0) is 13.6. The number of nitrogens with one attached hydrogen (secondary N) is 1. The van der Waals surface area contributed by atoms with Gasteiger partial charge in [-0.3, -0.25) is 0 Å². The van der Waals surface area contributed by atoms with Crippen molar-refractivity contribution in [2.75, 3.05) is 11.9 Å². The van der Waals surface area contributed by atoms with Gasteiger partial charge in [-0.05, 0) is 30.5 Å². The minimum absolute atomic E-state index is 0.396. The molecular weight excluding hydrogens is 281 g/mol. The first-order valence-electron chi connectivity index (χ1n) is 6.39. The fourth-order valence-corrected chi connectivity index (χ4v) is 2.85. The van der Waals surface area contributed by atoms with E-state index in [4.69, 9.17) is 28.3 Å². The number of nitrogens with zero attached hydrogens (tertiary/aromatic N) is 2. The van der Waals surface area contributed by atoms with E-state index in [1.165, 1.54) is 5.56 Å². The summed E-state index contributed by atoms with van der Waals surface area (Å²) >= 11 is 12.3. The second-order valence-corrected chi connectivity index (χ2v) is 5.90. The van der Waals surface area contributed by atoms with Gasteiger partial charge in [0.05, 0.1) is 16.4 Å². The highest BCUT2D eigenvalue weighted by Crippen LogP contribution is 2.34. The van der Waals surface area contributed by atoms with Crippen molar-refractivity contribution in [3.63, 3.8) is 0 Å². The molecule has 0 saturated carbocycles. The Bertz CT molecular complexity index is 632. The molecule has 1 aromatic carbocycles. The molecule has 0 saturated heterocycles. The summed E-state index contributed by atoms with van der Waals surface area (Å²) in [7, 11) is 0. The van der Waals surface area contributed by atoms with Crippen LogP contribution in [-0.2, 0) is 6.42 Å². The number of benzene rings is 1. The zero-order valence-electron chi connectivity index (χ0n) is 10.9. The van der Waals surface area contributed by atoms with Gasteiger partial charge in [0, 0.05) is 17.1 Å². The van der Waals surface area contributed by atoms with Crippen LogP contribution in [0.4, 0.5) is 5.82 Å². The Kier molecular flexibility index (Phi) is 3.19. The van der Waals surface area contributed by atoms with Crippen molar-refractivity contribution in [2.24, 2.45) is 0 Å². The lowest BCUT2D eigenvalue weighted by Crippen LogP contribution is -2.06. The van der Waals surface area contributed by atoms with E-state index in [0.29, 0.717) is 16.0 Å². The Morgan fingerprint density at radius 3 is 2.84 bits per heavy atom. The second-order valence-electron chi connectivity index (χ2n) is 5.05. The van der Waals surface area contributed by atoms with E-state index in [1.54, 1.807) is 12.1 Å². The Balaban J connectivity index is 2.21. The molecule has 1 aromatic heterocycles.